The van der Waals surface area contributed by atoms with Gasteiger partial charge in [-0.3, -0.25) is 9.20 Å². The van der Waals surface area contributed by atoms with Crippen LogP contribution in [-0.4, -0.2) is 64.9 Å². The van der Waals surface area contributed by atoms with Crippen LogP contribution in [0.25, 0.3) is 28.1 Å². The van der Waals surface area contributed by atoms with Crippen LogP contribution in [0.15, 0.2) is 33.8 Å². The molecule has 1 aromatic carbocycles. The van der Waals surface area contributed by atoms with Gasteiger partial charge in [-0.1, -0.05) is 5.16 Å². The van der Waals surface area contributed by atoms with Crippen molar-refractivity contribution in [2.75, 3.05) is 19.6 Å². The Morgan fingerprint density at radius 3 is 2.73 bits per heavy atom. The maximum absolute atomic E-state index is 14.1. The fraction of sp³-hybridized carbons (Fsp3) is 0.455. The Bertz CT molecular complexity index is 1410. The number of aliphatic hydroxyl groups is 2. The molecule has 0 unspecified atom stereocenters. The quantitative estimate of drug-likeness (QED) is 0.463. The Morgan fingerprint density at radius 2 is 1.97 bits per heavy atom. The van der Waals surface area contributed by atoms with Crippen molar-refractivity contribution in [3.63, 3.8) is 0 Å². The number of aromatic nitrogens is 5. The summed E-state index contributed by atoms with van der Waals surface area (Å²) in [5, 5.41) is 24.0. The maximum Gasteiger partial charge on any atom is 0.277 e. The van der Waals surface area contributed by atoms with Gasteiger partial charge in [0.1, 0.15) is 29.0 Å². The summed E-state index contributed by atoms with van der Waals surface area (Å²) in [6.45, 7) is 2.44. The van der Waals surface area contributed by atoms with Gasteiger partial charge in [-0.05, 0) is 43.9 Å². The lowest BCUT2D eigenvalue weighted by atomic mass is 10.1. The van der Waals surface area contributed by atoms with Crippen molar-refractivity contribution in [1.29, 1.82) is 0 Å². The predicted octanol–water partition coefficient (Wildman–Crippen LogP) is 1.28. The minimum atomic E-state index is -1.09. The molecule has 1 saturated heterocycles. The number of hydrogen-bond acceptors (Lipinski definition) is 8. The highest BCUT2D eigenvalue weighted by Crippen LogP contribution is 2.44. The van der Waals surface area contributed by atoms with Gasteiger partial charge in [0.2, 0.25) is 5.82 Å². The first kappa shape index (κ1) is 20.5. The molecule has 2 fully saturated rings. The van der Waals surface area contributed by atoms with Crippen molar-refractivity contribution < 1.29 is 19.1 Å². The number of hydrogen-bond donors (Lipinski definition) is 2. The third-order valence-electron chi connectivity index (χ3n) is 6.66. The summed E-state index contributed by atoms with van der Waals surface area (Å²) >= 11 is 0. The van der Waals surface area contributed by atoms with Gasteiger partial charge in [0.25, 0.3) is 11.4 Å². The molecule has 6 rings (SSSR count). The molecule has 11 heteroatoms. The van der Waals surface area contributed by atoms with Crippen LogP contribution < -0.4 is 5.56 Å². The van der Waals surface area contributed by atoms with E-state index in [4.69, 9.17) is 4.52 Å². The molecule has 0 amide bonds. The number of aliphatic hydroxyl groups excluding tert-OH is 1. The van der Waals surface area contributed by atoms with Crippen LogP contribution in [0.1, 0.15) is 31.6 Å². The van der Waals surface area contributed by atoms with Crippen molar-refractivity contribution in [3.05, 3.63) is 46.6 Å². The van der Waals surface area contributed by atoms with Gasteiger partial charge in [0.15, 0.2) is 0 Å². The Kier molecular flexibility index (Phi) is 4.61. The Hall–Kier alpha value is -3.15. The van der Waals surface area contributed by atoms with E-state index in [9.17, 15) is 19.4 Å². The van der Waals surface area contributed by atoms with E-state index in [0.717, 1.165) is 13.1 Å². The lowest BCUT2D eigenvalue weighted by Gasteiger charge is -2.29. The molecule has 4 aromatic rings. The number of nitrogens with zero attached hydrogens (tertiary/aromatic N) is 6. The standard InChI is InChI=1S/C22H23FN6O4/c23-13-1-2-15-16(11-13)28(10-9-27-7-3-14(30)4-8-27)20(31)18-17(24-12-29(15)18)19-25-21(33-26-19)22(32)5-6-22/h1-2,11-12,14,30,32H,3-10H2. The third-order valence-corrected chi connectivity index (χ3v) is 6.66. The molecule has 0 spiro atoms. The summed E-state index contributed by atoms with van der Waals surface area (Å²) in [7, 11) is 0. The SMILES string of the molecule is O=c1c2c(-c3noc(C4(O)CC4)n3)ncn2c2ccc(F)cc2n1CCN1CCC(O)CC1. The van der Waals surface area contributed by atoms with E-state index in [1.165, 1.54) is 18.5 Å². The van der Waals surface area contributed by atoms with Crippen LogP contribution in [0.2, 0.25) is 0 Å². The largest absolute Gasteiger partial charge is 0.393 e. The highest BCUT2D eigenvalue weighted by Gasteiger charge is 2.48. The van der Waals surface area contributed by atoms with Crippen molar-refractivity contribution in [2.45, 2.75) is 43.9 Å². The van der Waals surface area contributed by atoms with Crippen LogP contribution in [0.3, 0.4) is 0 Å². The first-order valence-corrected chi connectivity index (χ1v) is 11.1. The van der Waals surface area contributed by atoms with Crippen molar-refractivity contribution >= 4 is 16.6 Å². The molecule has 2 N–H and O–H groups in total. The minimum absolute atomic E-state index is 0.120. The molecule has 1 aliphatic carbocycles. The van der Waals surface area contributed by atoms with Crippen molar-refractivity contribution in [1.82, 2.24) is 29.0 Å². The normalized spacial score (nSPS) is 19.0. The highest BCUT2D eigenvalue weighted by molar-refractivity contribution is 5.83. The number of halogens is 1. The maximum atomic E-state index is 14.1. The Morgan fingerprint density at radius 1 is 1.18 bits per heavy atom. The number of piperidine rings is 1. The lowest BCUT2D eigenvalue weighted by molar-refractivity contribution is 0.0810. The van der Waals surface area contributed by atoms with E-state index < -0.39 is 11.4 Å². The summed E-state index contributed by atoms with van der Waals surface area (Å²) in [6, 6.07) is 4.31. The summed E-state index contributed by atoms with van der Waals surface area (Å²) in [5.74, 6) is -0.186. The number of fused-ring (bicyclic) bond motifs is 3. The molecule has 0 atom stereocenters. The van der Waals surface area contributed by atoms with Crippen LogP contribution in [0.5, 0.6) is 0 Å². The first-order valence-electron chi connectivity index (χ1n) is 11.1. The average Bonchev–Trinajstić information content (AvgIpc) is 3.20. The van der Waals surface area contributed by atoms with Crippen LogP contribution in [0, 0.1) is 5.82 Å². The molecule has 1 saturated carbocycles. The van der Waals surface area contributed by atoms with Gasteiger partial charge in [0.05, 0.1) is 17.1 Å². The molecule has 172 valence electrons. The van der Waals surface area contributed by atoms with E-state index in [1.807, 2.05) is 0 Å². The van der Waals surface area contributed by atoms with Gasteiger partial charge in [-0.25, -0.2) is 9.37 Å². The summed E-state index contributed by atoms with van der Waals surface area (Å²) in [4.78, 5) is 24.5. The number of benzene rings is 1. The number of rotatable bonds is 5. The second kappa shape index (κ2) is 7.44. The molecule has 1 aliphatic heterocycles. The summed E-state index contributed by atoms with van der Waals surface area (Å²) in [5.41, 5.74) is 0.179. The van der Waals surface area contributed by atoms with Gasteiger partial charge < -0.3 is 24.2 Å². The number of likely N-dealkylation sites (tertiary alicyclic amines) is 1. The third kappa shape index (κ3) is 3.43. The Balaban J connectivity index is 1.46. The van der Waals surface area contributed by atoms with Crippen LogP contribution >= 0.6 is 0 Å². The Labute approximate surface area is 186 Å². The summed E-state index contributed by atoms with van der Waals surface area (Å²) in [6.07, 6.45) is 3.71. The van der Waals surface area contributed by atoms with E-state index >= 15 is 0 Å². The van der Waals surface area contributed by atoms with E-state index in [-0.39, 0.29) is 34.6 Å². The zero-order valence-corrected chi connectivity index (χ0v) is 17.8. The first-order chi connectivity index (χ1) is 15.9. The predicted molar refractivity (Wildman–Crippen MR) is 115 cm³/mol. The molecular weight excluding hydrogens is 431 g/mol. The monoisotopic (exact) mass is 454 g/mol. The lowest BCUT2D eigenvalue weighted by Crippen LogP contribution is -2.39. The zero-order valence-electron chi connectivity index (χ0n) is 17.8. The van der Waals surface area contributed by atoms with E-state index in [1.54, 1.807) is 15.0 Å². The fourth-order valence-electron chi connectivity index (χ4n) is 4.50. The molecule has 3 aromatic heterocycles. The van der Waals surface area contributed by atoms with Crippen molar-refractivity contribution in [3.8, 4) is 11.5 Å². The second-order valence-electron chi connectivity index (χ2n) is 8.93. The molecular formula is C22H23FN6O4. The van der Waals surface area contributed by atoms with Crippen molar-refractivity contribution in [2.24, 2.45) is 0 Å². The van der Waals surface area contributed by atoms with Crippen LogP contribution in [0.4, 0.5) is 4.39 Å². The van der Waals surface area contributed by atoms with Gasteiger partial charge in [-0.15, -0.1) is 0 Å². The average molecular weight is 454 g/mol. The summed E-state index contributed by atoms with van der Waals surface area (Å²) < 4.78 is 22.5. The van der Waals surface area contributed by atoms with Gasteiger partial charge >= 0.3 is 0 Å². The molecule has 33 heavy (non-hydrogen) atoms. The second-order valence-corrected chi connectivity index (χ2v) is 8.93. The molecule has 2 aliphatic rings. The smallest absolute Gasteiger partial charge is 0.277 e. The van der Waals surface area contributed by atoms with Gasteiger partial charge in [0, 0.05) is 26.2 Å². The molecule has 0 radical (unpaired) electrons. The van der Waals surface area contributed by atoms with Crippen LogP contribution in [-0.2, 0) is 12.1 Å². The van der Waals surface area contributed by atoms with E-state index in [2.05, 4.69) is 20.0 Å². The zero-order chi connectivity index (χ0) is 22.7. The molecule has 10 nitrogen and oxygen atoms in total. The van der Waals surface area contributed by atoms with Gasteiger partial charge in [-0.2, -0.15) is 4.98 Å². The number of imidazole rings is 1. The molecule has 0 bridgehead atoms. The minimum Gasteiger partial charge on any atom is -0.393 e. The fourth-order valence-corrected chi connectivity index (χ4v) is 4.50. The topological polar surface area (TPSA) is 122 Å². The molecule has 4 heterocycles. The highest BCUT2D eigenvalue weighted by atomic mass is 19.1. The van der Waals surface area contributed by atoms with E-state index in [0.29, 0.717) is 49.8 Å².